The van der Waals surface area contributed by atoms with Gasteiger partial charge in [0, 0.05) is 18.7 Å². The monoisotopic (exact) mass is 439 g/mol. The molecule has 1 amide bonds. The van der Waals surface area contributed by atoms with E-state index < -0.39 is 5.60 Å². The molecule has 0 radical (unpaired) electrons. The first-order chi connectivity index (χ1) is 15.3. The zero-order valence-corrected chi connectivity index (χ0v) is 19.4. The minimum absolute atomic E-state index is 0.230. The van der Waals surface area contributed by atoms with Gasteiger partial charge in [-0.3, -0.25) is 4.98 Å². The SMILES string of the molecule is CCO/N=C/c1ccc(-c2ccc(OCC3CCN(C(=O)OC(C)(C)C)CC3)cn2)cc1. The molecule has 1 aromatic heterocycles. The normalized spacial score (nSPS) is 15.1. The quantitative estimate of drug-likeness (QED) is 0.441. The molecule has 1 fully saturated rings. The van der Waals surface area contributed by atoms with E-state index in [-0.39, 0.29) is 6.09 Å². The van der Waals surface area contributed by atoms with Crippen molar-refractivity contribution in [2.75, 3.05) is 26.3 Å². The van der Waals surface area contributed by atoms with Crippen molar-refractivity contribution in [3.05, 3.63) is 48.2 Å². The molecule has 7 heteroatoms. The molecule has 0 aliphatic carbocycles. The van der Waals surface area contributed by atoms with E-state index in [0.717, 1.165) is 35.4 Å². The minimum atomic E-state index is -0.462. The number of hydrogen-bond donors (Lipinski definition) is 0. The molecule has 172 valence electrons. The zero-order chi connectivity index (χ0) is 23.0. The van der Waals surface area contributed by atoms with E-state index in [1.165, 1.54) is 0 Å². The molecule has 1 saturated heterocycles. The first kappa shape index (κ1) is 23.6. The third kappa shape index (κ3) is 7.25. The number of hydrogen-bond acceptors (Lipinski definition) is 6. The highest BCUT2D eigenvalue weighted by Crippen LogP contribution is 2.23. The number of nitrogens with zero attached hydrogens (tertiary/aromatic N) is 3. The number of aromatic nitrogens is 1. The highest BCUT2D eigenvalue weighted by atomic mass is 16.6. The lowest BCUT2D eigenvalue weighted by Crippen LogP contribution is -2.42. The Labute approximate surface area is 190 Å². The van der Waals surface area contributed by atoms with Gasteiger partial charge in [0.05, 0.1) is 24.7 Å². The number of benzene rings is 1. The summed E-state index contributed by atoms with van der Waals surface area (Å²) in [6.07, 6.45) is 5.03. The second-order valence-electron chi connectivity index (χ2n) is 8.88. The molecular weight excluding hydrogens is 406 g/mol. The van der Waals surface area contributed by atoms with Gasteiger partial charge in [-0.15, -0.1) is 0 Å². The molecule has 1 aliphatic heterocycles. The van der Waals surface area contributed by atoms with Crippen molar-refractivity contribution in [3.63, 3.8) is 0 Å². The topological polar surface area (TPSA) is 73.2 Å². The van der Waals surface area contributed by atoms with Gasteiger partial charge in [-0.2, -0.15) is 0 Å². The predicted molar refractivity (Wildman–Crippen MR) is 125 cm³/mol. The van der Waals surface area contributed by atoms with Gasteiger partial charge in [-0.25, -0.2) is 4.79 Å². The summed E-state index contributed by atoms with van der Waals surface area (Å²) in [6.45, 7) is 10.1. The predicted octanol–water partition coefficient (Wildman–Crippen LogP) is 5.14. The number of piperidine rings is 1. The van der Waals surface area contributed by atoms with Crippen LogP contribution < -0.4 is 4.74 Å². The largest absolute Gasteiger partial charge is 0.492 e. The van der Waals surface area contributed by atoms with Crippen LogP contribution in [0.3, 0.4) is 0 Å². The minimum Gasteiger partial charge on any atom is -0.492 e. The Bertz CT molecular complexity index is 881. The first-order valence-corrected chi connectivity index (χ1v) is 11.2. The average molecular weight is 440 g/mol. The maximum Gasteiger partial charge on any atom is 0.410 e. The Balaban J connectivity index is 1.45. The highest BCUT2D eigenvalue weighted by Gasteiger charge is 2.27. The van der Waals surface area contributed by atoms with Gasteiger partial charge in [-0.1, -0.05) is 29.4 Å². The number of carbonyl (C=O) groups is 1. The number of carbonyl (C=O) groups excluding carboxylic acids is 1. The van der Waals surface area contributed by atoms with Gasteiger partial charge >= 0.3 is 6.09 Å². The van der Waals surface area contributed by atoms with Crippen LogP contribution in [0.4, 0.5) is 4.79 Å². The van der Waals surface area contributed by atoms with E-state index in [0.29, 0.717) is 32.2 Å². The lowest BCUT2D eigenvalue weighted by molar-refractivity contribution is 0.0165. The van der Waals surface area contributed by atoms with Gasteiger partial charge in [0.25, 0.3) is 0 Å². The molecule has 0 bridgehead atoms. The molecule has 0 atom stereocenters. The summed E-state index contributed by atoms with van der Waals surface area (Å²) in [5.41, 5.74) is 2.42. The van der Waals surface area contributed by atoms with Crippen molar-refractivity contribution in [1.29, 1.82) is 0 Å². The summed E-state index contributed by atoms with van der Waals surface area (Å²) >= 11 is 0. The van der Waals surface area contributed by atoms with Crippen molar-refractivity contribution in [2.45, 2.75) is 46.1 Å². The number of likely N-dealkylation sites (tertiary alicyclic amines) is 1. The van der Waals surface area contributed by atoms with E-state index in [1.54, 1.807) is 17.3 Å². The molecule has 32 heavy (non-hydrogen) atoms. The highest BCUT2D eigenvalue weighted by molar-refractivity contribution is 5.80. The molecule has 2 heterocycles. The van der Waals surface area contributed by atoms with E-state index >= 15 is 0 Å². The third-order valence-electron chi connectivity index (χ3n) is 5.10. The fourth-order valence-electron chi connectivity index (χ4n) is 3.37. The molecule has 2 aromatic rings. The fraction of sp³-hybridized carbons (Fsp3) is 0.480. The third-order valence-corrected chi connectivity index (χ3v) is 5.10. The Kier molecular flexibility index (Phi) is 8.09. The van der Waals surface area contributed by atoms with E-state index in [4.69, 9.17) is 14.3 Å². The van der Waals surface area contributed by atoms with Gasteiger partial charge in [0.1, 0.15) is 18.0 Å². The van der Waals surface area contributed by atoms with Crippen LogP contribution in [0.5, 0.6) is 5.75 Å². The summed E-state index contributed by atoms with van der Waals surface area (Å²) < 4.78 is 11.4. The summed E-state index contributed by atoms with van der Waals surface area (Å²) in [7, 11) is 0. The van der Waals surface area contributed by atoms with Gasteiger partial charge in [-0.05, 0) is 64.2 Å². The van der Waals surface area contributed by atoms with Crippen LogP contribution in [-0.2, 0) is 9.57 Å². The van der Waals surface area contributed by atoms with Crippen LogP contribution in [0.2, 0.25) is 0 Å². The Morgan fingerprint density at radius 1 is 1.16 bits per heavy atom. The molecule has 0 unspecified atom stereocenters. The second kappa shape index (κ2) is 11.0. The molecular formula is C25H33N3O4. The van der Waals surface area contributed by atoms with Crippen molar-refractivity contribution in [3.8, 4) is 17.0 Å². The van der Waals surface area contributed by atoms with Crippen LogP contribution in [0, 0.1) is 5.92 Å². The van der Waals surface area contributed by atoms with E-state index in [9.17, 15) is 4.79 Å². The van der Waals surface area contributed by atoms with Crippen LogP contribution in [0.1, 0.15) is 46.1 Å². The molecule has 0 spiro atoms. The Morgan fingerprint density at radius 3 is 2.47 bits per heavy atom. The number of amides is 1. The summed E-state index contributed by atoms with van der Waals surface area (Å²) in [5, 5.41) is 3.88. The smallest absolute Gasteiger partial charge is 0.410 e. The lowest BCUT2D eigenvalue weighted by Gasteiger charge is -2.33. The summed E-state index contributed by atoms with van der Waals surface area (Å²) in [5.74, 6) is 1.17. The van der Waals surface area contributed by atoms with Crippen LogP contribution in [0.25, 0.3) is 11.3 Å². The van der Waals surface area contributed by atoms with Crippen LogP contribution >= 0.6 is 0 Å². The Hall–Kier alpha value is -3.09. The van der Waals surface area contributed by atoms with E-state index in [2.05, 4.69) is 10.1 Å². The van der Waals surface area contributed by atoms with E-state index in [1.807, 2.05) is 64.1 Å². The van der Waals surface area contributed by atoms with Gasteiger partial charge < -0.3 is 19.2 Å². The van der Waals surface area contributed by atoms with Crippen LogP contribution in [0.15, 0.2) is 47.8 Å². The fourth-order valence-corrected chi connectivity index (χ4v) is 3.37. The maximum atomic E-state index is 12.2. The first-order valence-electron chi connectivity index (χ1n) is 11.2. The molecule has 0 N–H and O–H groups in total. The molecule has 1 aromatic carbocycles. The lowest BCUT2D eigenvalue weighted by atomic mass is 9.98. The van der Waals surface area contributed by atoms with Crippen LogP contribution in [-0.4, -0.2) is 54.1 Å². The molecule has 3 rings (SSSR count). The number of rotatable bonds is 7. The number of oxime groups is 1. The molecule has 7 nitrogen and oxygen atoms in total. The zero-order valence-electron chi connectivity index (χ0n) is 19.4. The average Bonchev–Trinajstić information content (AvgIpc) is 2.78. The van der Waals surface area contributed by atoms with Gasteiger partial charge in [0.2, 0.25) is 0 Å². The summed E-state index contributed by atoms with van der Waals surface area (Å²) in [6, 6.07) is 11.9. The number of ether oxygens (including phenoxy) is 2. The van der Waals surface area contributed by atoms with Crippen molar-refractivity contribution < 1.29 is 19.1 Å². The maximum absolute atomic E-state index is 12.2. The number of pyridine rings is 1. The standard InChI is InChI=1S/C25H33N3O4/c1-5-31-27-16-19-6-8-21(9-7-19)23-11-10-22(17-26-23)30-18-20-12-14-28(15-13-20)24(29)32-25(2,3)4/h6-11,16-17,20H,5,12-15,18H2,1-4H3/b27-16+. The van der Waals surface area contributed by atoms with Crippen molar-refractivity contribution in [2.24, 2.45) is 11.1 Å². The summed E-state index contributed by atoms with van der Waals surface area (Å²) in [4.78, 5) is 23.5. The van der Waals surface area contributed by atoms with Crippen molar-refractivity contribution >= 4 is 12.3 Å². The molecule has 0 saturated carbocycles. The Morgan fingerprint density at radius 2 is 1.88 bits per heavy atom. The van der Waals surface area contributed by atoms with Crippen molar-refractivity contribution in [1.82, 2.24) is 9.88 Å². The second-order valence-corrected chi connectivity index (χ2v) is 8.88. The van der Waals surface area contributed by atoms with Gasteiger partial charge in [0.15, 0.2) is 0 Å². The molecule has 1 aliphatic rings.